The first kappa shape index (κ1) is 21.1. The van der Waals surface area contributed by atoms with Gasteiger partial charge in [-0.25, -0.2) is 13.1 Å². The van der Waals surface area contributed by atoms with E-state index in [-0.39, 0.29) is 4.90 Å². The Morgan fingerprint density at radius 1 is 1.04 bits per heavy atom. The summed E-state index contributed by atoms with van der Waals surface area (Å²) in [6.07, 6.45) is 4.49. The second kappa shape index (κ2) is 10.3. The van der Waals surface area contributed by atoms with Crippen molar-refractivity contribution in [2.45, 2.75) is 30.6 Å². The minimum Gasteiger partial charge on any atom is -0.492 e. The molecule has 0 atom stereocenters. The maximum atomic E-state index is 12.3. The third-order valence-corrected chi connectivity index (χ3v) is 6.58. The molecule has 0 aromatic heterocycles. The predicted molar refractivity (Wildman–Crippen MR) is 113 cm³/mol. The molecule has 1 aliphatic rings. The summed E-state index contributed by atoms with van der Waals surface area (Å²) in [4.78, 5) is 2.66. The Morgan fingerprint density at radius 3 is 2.54 bits per heavy atom. The molecular weight excluding hydrogens is 396 g/mol. The molecule has 0 amide bonds. The molecule has 0 saturated carbocycles. The van der Waals surface area contributed by atoms with E-state index < -0.39 is 10.0 Å². The second-order valence-corrected chi connectivity index (χ2v) is 9.20. The monoisotopic (exact) mass is 422 g/mol. The van der Waals surface area contributed by atoms with E-state index in [2.05, 4.69) is 9.62 Å². The molecule has 3 rings (SSSR count). The number of rotatable bonds is 9. The molecule has 1 fully saturated rings. The fraction of sp³-hybridized carbons (Fsp3) is 0.429. The molecule has 152 valence electrons. The number of piperidine rings is 1. The van der Waals surface area contributed by atoms with Gasteiger partial charge in [-0.3, -0.25) is 4.90 Å². The van der Waals surface area contributed by atoms with Crippen molar-refractivity contribution in [2.24, 2.45) is 0 Å². The van der Waals surface area contributed by atoms with Crippen LogP contribution in [0.1, 0.15) is 24.8 Å². The van der Waals surface area contributed by atoms with Gasteiger partial charge in [0.05, 0.1) is 4.90 Å². The molecule has 0 bridgehead atoms. The first-order chi connectivity index (χ1) is 13.5. The average Bonchev–Trinajstić information content (AvgIpc) is 2.69. The highest BCUT2D eigenvalue weighted by Gasteiger charge is 2.13. The highest BCUT2D eigenvalue weighted by molar-refractivity contribution is 7.89. The van der Waals surface area contributed by atoms with Crippen LogP contribution >= 0.6 is 11.6 Å². The topological polar surface area (TPSA) is 58.6 Å². The Bertz CT molecular complexity index is 850. The zero-order chi connectivity index (χ0) is 19.8. The second-order valence-electron chi connectivity index (χ2n) is 7.00. The van der Waals surface area contributed by atoms with Gasteiger partial charge < -0.3 is 4.74 Å². The lowest BCUT2D eigenvalue weighted by atomic mass is 10.1. The quantitative estimate of drug-likeness (QED) is 0.669. The van der Waals surface area contributed by atoms with Crippen molar-refractivity contribution in [2.75, 3.05) is 32.8 Å². The number of nitrogens with zero attached hydrogens (tertiary/aromatic N) is 1. The summed E-state index contributed by atoms with van der Waals surface area (Å²) in [5.41, 5.74) is 1.04. The molecule has 1 N–H and O–H groups in total. The van der Waals surface area contributed by atoms with E-state index in [1.165, 1.54) is 31.4 Å². The van der Waals surface area contributed by atoms with Crippen LogP contribution in [-0.2, 0) is 16.4 Å². The normalized spacial score (nSPS) is 15.5. The smallest absolute Gasteiger partial charge is 0.240 e. The summed E-state index contributed by atoms with van der Waals surface area (Å²) >= 11 is 5.81. The maximum absolute atomic E-state index is 12.3. The summed E-state index contributed by atoms with van der Waals surface area (Å²) in [6.45, 7) is 4.27. The summed E-state index contributed by atoms with van der Waals surface area (Å²) in [5, 5.41) is 0.510. The highest BCUT2D eigenvalue weighted by Crippen LogP contribution is 2.16. The van der Waals surface area contributed by atoms with Crippen molar-refractivity contribution in [1.82, 2.24) is 9.62 Å². The molecule has 1 saturated heterocycles. The van der Waals surface area contributed by atoms with Crippen LogP contribution < -0.4 is 9.46 Å². The van der Waals surface area contributed by atoms with Crippen LogP contribution in [0.2, 0.25) is 5.02 Å². The van der Waals surface area contributed by atoms with Gasteiger partial charge in [-0.05, 0) is 74.3 Å². The van der Waals surface area contributed by atoms with Crippen molar-refractivity contribution < 1.29 is 13.2 Å². The fourth-order valence-electron chi connectivity index (χ4n) is 3.29. The minimum absolute atomic E-state index is 0.215. The van der Waals surface area contributed by atoms with E-state index in [1.807, 2.05) is 24.3 Å². The maximum Gasteiger partial charge on any atom is 0.240 e. The van der Waals surface area contributed by atoms with Crippen molar-refractivity contribution in [3.8, 4) is 5.75 Å². The van der Waals surface area contributed by atoms with Gasteiger partial charge in [0.2, 0.25) is 10.0 Å². The predicted octanol–water partition coefficient (Wildman–Crippen LogP) is 3.73. The standard InChI is InChI=1S/C21H27ClN2O3S/c22-19-7-9-21(10-8-19)28(25,26)23-12-11-18-5-4-6-20(17-18)27-16-15-24-13-2-1-3-14-24/h4-10,17,23H,1-3,11-16H2. The summed E-state index contributed by atoms with van der Waals surface area (Å²) in [5.74, 6) is 0.829. The highest BCUT2D eigenvalue weighted by atomic mass is 35.5. The number of halogens is 1. The molecule has 0 unspecified atom stereocenters. The molecule has 0 aliphatic carbocycles. The first-order valence-electron chi connectivity index (χ1n) is 9.72. The lowest BCUT2D eigenvalue weighted by molar-refractivity contribution is 0.183. The molecule has 0 radical (unpaired) electrons. The van der Waals surface area contributed by atoms with Gasteiger partial charge >= 0.3 is 0 Å². The summed E-state index contributed by atoms with van der Waals surface area (Å²) < 4.78 is 33.1. The van der Waals surface area contributed by atoms with Crippen LogP contribution in [-0.4, -0.2) is 46.1 Å². The van der Waals surface area contributed by atoms with E-state index in [1.54, 1.807) is 12.1 Å². The number of ether oxygens (including phenoxy) is 1. The number of benzene rings is 2. The molecule has 2 aromatic rings. The van der Waals surface area contributed by atoms with Gasteiger partial charge in [-0.1, -0.05) is 30.2 Å². The number of sulfonamides is 1. The van der Waals surface area contributed by atoms with Crippen LogP contribution in [0.3, 0.4) is 0 Å². The molecular formula is C21H27ClN2O3S. The van der Waals surface area contributed by atoms with Crippen LogP contribution in [0, 0.1) is 0 Å². The van der Waals surface area contributed by atoms with Gasteiger partial charge in [0, 0.05) is 18.1 Å². The largest absolute Gasteiger partial charge is 0.492 e. The Balaban J connectivity index is 1.45. The zero-order valence-corrected chi connectivity index (χ0v) is 17.5. The molecule has 0 spiro atoms. The molecule has 1 heterocycles. The van der Waals surface area contributed by atoms with E-state index >= 15 is 0 Å². The van der Waals surface area contributed by atoms with E-state index in [4.69, 9.17) is 16.3 Å². The van der Waals surface area contributed by atoms with Crippen LogP contribution in [0.15, 0.2) is 53.4 Å². The van der Waals surface area contributed by atoms with E-state index in [9.17, 15) is 8.42 Å². The van der Waals surface area contributed by atoms with Crippen LogP contribution in [0.5, 0.6) is 5.75 Å². The number of likely N-dealkylation sites (tertiary alicyclic amines) is 1. The molecule has 28 heavy (non-hydrogen) atoms. The van der Waals surface area contributed by atoms with Crippen LogP contribution in [0.25, 0.3) is 0 Å². The fourth-order valence-corrected chi connectivity index (χ4v) is 4.45. The van der Waals surface area contributed by atoms with Crippen molar-refractivity contribution >= 4 is 21.6 Å². The third-order valence-electron chi connectivity index (χ3n) is 4.85. The van der Waals surface area contributed by atoms with Gasteiger partial charge in [-0.15, -0.1) is 0 Å². The van der Waals surface area contributed by atoms with Crippen molar-refractivity contribution in [1.29, 1.82) is 0 Å². The Hall–Kier alpha value is -1.60. The Labute approximate surface area is 172 Å². The summed E-state index contributed by atoms with van der Waals surface area (Å²) in [7, 11) is -3.53. The lowest BCUT2D eigenvalue weighted by Crippen LogP contribution is -2.33. The Kier molecular flexibility index (Phi) is 7.73. The van der Waals surface area contributed by atoms with Gasteiger partial charge in [-0.2, -0.15) is 0 Å². The average molecular weight is 423 g/mol. The number of hydrogen-bond donors (Lipinski definition) is 1. The van der Waals surface area contributed by atoms with Gasteiger partial charge in [0.1, 0.15) is 12.4 Å². The third kappa shape index (κ3) is 6.48. The lowest BCUT2D eigenvalue weighted by Gasteiger charge is -2.26. The number of hydrogen-bond acceptors (Lipinski definition) is 4. The van der Waals surface area contributed by atoms with E-state index in [0.29, 0.717) is 24.6 Å². The van der Waals surface area contributed by atoms with Crippen LogP contribution in [0.4, 0.5) is 0 Å². The number of nitrogens with one attached hydrogen (secondary N) is 1. The molecule has 5 nitrogen and oxygen atoms in total. The molecule has 1 aliphatic heterocycles. The first-order valence-corrected chi connectivity index (χ1v) is 11.6. The molecule has 7 heteroatoms. The summed E-state index contributed by atoms with van der Waals surface area (Å²) in [6, 6.07) is 14.0. The zero-order valence-electron chi connectivity index (χ0n) is 15.9. The van der Waals surface area contributed by atoms with Gasteiger partial charge in [0.15, 0.2) is 0 Å². The van der Waals surface area contributed by atoms with Gasteiger partial charge in [0.25, 0.3) is 0 Å². The minimum atomic E-state index is -3.53. The van der Waals surface area contributed by atoms with E-state index in [0.717, 1.165) is 30.9 Å². The van der Waals surface area contributed by atoms with Crippen molar-refractivity contribution in [3.63, 3.8) is 0 Å². The van der Waals surface area contributed by atoms with Crippen molar-refractivity contribution in [3.05, 3.63) is 59.1 Å². The SMILES string of the molecule is O=S(=O)(NCCc1cccc(OCCN2CCCCC2)c1)c1ccc(Cl)cc1. The Morgan fingerprint density at radius 2 is 1.79 bits per heavy atom. The molecule has 2 aromatic carbocycles.